The second kappa shape index (κ2) is 12.7. The number of nitriles is 1. The molecule has 2 amide bonds. The number of nitrogens with one attached hydrogen (secondary N) is 1. The van der Waals surface area contributed by atoms with E-state index in [-0.39, 0.29) is 12.1 Å². The quantitative estimate of drug-likeness (QED) is 0.221. The van der Waals surface area contributed by atoms with Crippen molar-refractivity contribution < 1.29 is 9.53 Å². The molecular weight excluding hydrogens is 426 g/mol. The number of amides is 2. The van der Waals surface area contributed by atoms with E-state index in [1.807, 2.05) is 70.2 Å². The molecule has 7 nitrogen and oxygen atoms in total. The van der Waals surface area contributed by atoms with Crippen LogP contribution in [0, 0.1) is 11.3 Å². The number of carbonyl (C=O) groups excluding carboxylic acids is 1. The van der Waals surface area contributed by atoms with Crippen LogP contribution in [0.4, 0.5) is 10.5 Å². The van der Waals surface area contributed by atoms with Gasteiger partial charge in [0.2, 0.25) is 0 Å². The van der Waals surface area contributed by atoms with Gasteiger partial charge in [-0.05, 0) is 57.0 Å². The minimum Gasteiger partial charge on any atom is -0.494 e. The molecule has 0 bridgehead atoms. The first-order valence-corrected chi connectivity index (χ1v) is 12.1. The maximum atomic E-state index is 12.3. The number of aromatic nitrogens is 1. The number of carbonyl (C=O) groups is 1. The van der Waals surface area contributed by atoms with Gasteiger partial charge in [0.15, 0.2) is 0 Å². The smallest absolute Gasteiger partial charge is 0.335 e. The van der Waals surface area contributed by atoms with Crippen molar-refractivity contribution in [2.45, 2.75) is 60.4 Å². The van der Waals surface area contributed by atoms with Crippen molar-refractivity contribution in [1.82, 2.24) is 9.58 Å². The maximum Gasteiger partial charge on any atom is 0.335 e. The van der Waals surface area contributed by atoms with Crippen LogP contribution in [0.15, 0.2) is 42.5 Å². The second-order valence-corrected chi connectivity index (χ2v) is 7.97. The molecule has 34 heavy (non-hydrogen) atoms. The fourth-order valence-electron chi connectivity index (χ4n) is 3.82. The zero-order valence-electron chi connectivity index (χ0n) is 21.2. The monoisotopic (exact) mass is 463 g/mol. The van der Waals surface area contributed by atoms with Crippen molar-refractivity contribution >= 4 is 22.6 Å². The molecule has 0 aliphatic carbocycles. The van der Waals surface area contributed by atoms with Crippen LogP contribution in [0.25, 0.3) is 22.2 Å². The van der Waals surface area contributed by atoms with E-state index < -0.39 is 0 Å². The molecular formula is C27H37N5O2. The average Bonchev–Trinajstić information content (AvgIpc) is 3.18. The molecule has 1 heterocycles. The molecule has 0 unspecified atom stereocenters. The molecule has 0 saturated heterocycles. The molecule has 3 rings (SSSR count). The van der Waals surface area contributed by atoms with Crippen molar-refractivity contribution in [3.05, 3.63) is 48.0 Å². The number of benzene rings is 2. The number of ether oxygens (including phenoxy) is 1. The minimum absolute atomic E-state index is 0.134. The van der Waals surface area contributed by atoms with Gasteiger partial charge in [-0.25, -0.2) is 10.6 Å². The Labute approximate surface area is 203 Å². The van der Waals surface area contributed by atoms with Crippen LogP contribution in [0.2, 0.25) is 0 Å². The van der Waals surface area contributed by atoms with Crippen LogP contribution < -0.4 is 15.9 Å². The molecule has 1 aromatic heterocycles. The number of urea groups is 1. The summed E-state index contributed by atoms with van der Waals surface area (Å²) >= 11 is 0. The lowest BCUT2D eigenvalue weighted by atomic mass is 10.1. The molecule has 3 aromatic rings. The summed E-state index contributed by atoms with van der Waals surface area (Å²) in [5.74, 6) is 6.59. The third-order valence-electron chi connectivity index (χ3n) is 5.34. The van der Waals surface area contributed by atoms with E-state index in [1.165, 1.54) is 5.01 Å². The standard InChI is InChI=1S/C25H31N5O2.C2H6/c1-5-7-14-29(27)25(31)28-19-10-8-18(9-11-19)24-22(16-26)21-13-12-20(32-6-2)15-23(21)30(24)17(3)4;1-2/h8-13,15,17H,5-7,14,27H2,1-4H3,(H,28,31);1-2H3. The van der Waals surface area contributed by atoms with Crippen molar-refractivity contribution in [3.8, 4) is 23.1 Å². The van der Waals surface area contributed by atoms with Gasteiger partial charge in [0, 0.05) is 29.7 Å². The van der Waals surface area contributed by atoms with Crippen LogP contribution >= 0.6 is 0 Å². The lowest BCUT2D eigenvalue weighted by Gasteiger charge is -2.18. The number of hydrogen-bond acceptors (Lipinski definition) is 4. The van der Waals surface area contributed by atoms with E-state index in [2.05, 4.69) is 29.8 Å². The summed E-state index contributed by atoms with van der Waals surface area (Å²) in [6, 6.07) is 15.5. The lowest BCUT2D eigenvalue weighted by molar-refractivity contribution is 0.212. The number of unbranched alkanes of at least 4 members (excludes halogenated alkanes) is 1. The summed E-state index contributed by atoms with van der Waals surface area (Å²) < 4.78 is 7.85. The molecule has 0 spiro atoms. The summed E-state index contributed by atoms with van der Waals surface area (Å²) in [5, 5.41) is 14.9. The highest BCUT2D eigenvalue weighted by Gasteiger charge is 2.21. The summed E-state index contributed by atoms with van der Waals surface area (Å²) in [4.78, 5) is 12.3. The predicted octanol–water partition coefficient (Wildman–Crippen LogP) is 6.69. The third kappa shape index (κ3) is 5.89. The van der Waals surface area contributed by atoms with Gasteiger partial charge in [-0.2, -0.15) is 5.26 Å². The van der Waals surface area contributed by atoms with Crippen LogP contribution in [-0.4, -0.2) is 28.8 Å². The molecule has 3 N–H and O–H groups in total. The molecule has 2 aromatic carbocycles. The molecule has 0 atom stereocenters. The highest BCUT2D eigenvalue weighted by molar-refractivity contribution is 5.96. The fourth-order valence-corrected chi connectivity index (χ4v) is 3.82. The molecule has 0 aliphatic rings. The lowest BCUT2D eigenvalue weighted by Crippen LogP contribution is -2.41. The second-order valence-electron chi connectivity index (χ2n) is 7.97. The van der Waals surface area contributed by atoms with Crippen LogP contribution in [0.5, 0.6) is 5.75 Å². The van der Waals surface area contributed by atoms with Gasteiger partial charge in [-0.15, -0.1) is 0 Å². The van der Waals surface area contributed by atoms with Gasteiger partial charge in [-0.1, -0.05) is 39.3 Å². The van der Waals surface area contributed by atoms with Gasteiger partial charge in [0.1, 0.15) is 11.8 Å². The van der Waals surface area contributed by atoms with E-state index in [1.54, 1.807) is 0 Å². The first-order valence-electron chi connectivity index (χ1n) is 12.1. The molecule has 0 fully saturated rings. The van der Waals surface area contributed by atoms with E-state index in [0.717, 1.165) is 40.8 Å². The number of nitrogens with zero attached hydrogens (tertiary/aromatic N) is 3. The maximum absolute atomic E-state index is 12.3. The van der Waals surface area contributed by atoms with E-state index in [9.17, 15) is 10.1 Å². The largest absolute Gasteiger partial charge is 0.494 e. The minimum atomic E-state index is -0.344. The molecule has 0 saturated carbocycles. The van der Waals surface area contributed by atoms with E-state index in [4.69, 9.17) is 10.6 Å². The average molecular weight is 464 g/mol. The van der Waals surface area contributed by atoms with Gasteiger partial charge in [0.25, 0.3) is 0 Å². The zero-order chi connectivity index (χ0) is 25.3. The number of hydrogen-bond donors (Lipinski definition) is 2. The van der Waals surface area contributed by atoms with Crippen LogP contribution in [0.1, 0.15) is 66.0 Å². The molecule has 0 radical (unpaired) electrons. The Kier molecular flexibility index (Phi) is 9.96. The van der Waals surface area contributed by atoms with Gasteiger partial charge < -0.3 is 14.6 Å². The zero-order valence-corrected chi connectivity index (χ0v) is 21.2. The Bertz CT molecular complexity index is 1130. The van der Waals surface area contributed by atoms with E-state index in [0.29, 0.717) is 24.4 Å². The number of fused-ring (bicyclic) bond motifs is 1. The Hall–Kier alpha value is -3.50. The SMILES string of the molecule is CC.CCCCN(N)C(=O)Nc1ccc(-c2c(C#N)c3ccc(OCC)cc3n2C(C)C)cc1. The summed E-state index contributed by atoms with van der Waals surface area (Å²) in [5.41, 5.74) is 3.99. The van der Waals surface area contributed by atoms with E-state index >= 15 is 0 Å². The van der Waals surface area contributed by atoms with Crippen molar-refractivity contribution in [1.29, 1.82) is 5.26 Å². The highest BCUT2D eigenvalue weighted by atomic mass is 16.5. The van der Waals surface area contributed by atoms with Gasteiger partial charge >= 0.3 is 6.03 Å². The van der Waals surface area contributed by atoms with Crippen LogP contribution in [-0.2, 0) is 0 Å². The number of hydrazine groups is 1. The summed E-state index contributed by atoms with van der Waals surface area (Å²) in [6.45, 7) is 13.3. The molecule has 7 heteroatoms. The van der Waals surface area contributed by atoms with Crippen molar-refractivity contribution in [2.75, 3.05) is 18.5 Å². The Morgan fingerprint density at radius 2 is 1.85 bits per heavy atom. The summed E-state index contributed by atoms with van der Waals surface area (Å²) in [6.07, 6.45) is 1.82. The Morgan fingerprint density at radius 1 is 1.18 bits per heavy atom. The third-order valence-corrected chi connectivity index (χ3v) is 5.34. The highest BCUT2D eigenvalue weighted by Crippen LogP contribution is 2.37. The number of nitrogens with two attached hydrogens (primary N) is 1. The van der Waals surface area contributed by atoms with Gasteiger partial charge in [-0.3, -0.25) is 5.01 Å². The predicted molar refractivity (Wildman–Crippen MR) is 140 cm³/mol. The number of rotatable bonds is 8. The normalized spacial score (nSPS) is 10.4. The van der Waals surface area contributed by atoms with Crippen molar-refractivity contribution in [2.24, 2.45) is 5.84 Å². The Morgan fingerprint density at radius 3 is 2.41 bits per heavy atom. The first kappa shape index (κ1) is 26.7. The molecule has 182 valence electrons. The van der Waals surface area contributed by atoms with Crippen LogP contribution in [0.3, 0.4) is 0 Å². The van der Waals surface area contributed by atoms with Gasteiger partial charge in [0.05, 0.1) is 23.4 Å². The Balaban J connectivity index is 0.00000199. The number of anilines is 1. The van der Waals surface area contributed by atoms with Crippen molar-refractivity contribution in [3.63, 3.8) is 0 Å². The fraction of sp³-hybridized carbons (Fsp3) is 0.407. The summed E-state index contributed by atoms with van der Waals surface area (Å²) in [7, 11) is 0. The molecule has 0 aliphatic heterocycles. The first-order chi connectivity index (χ1) is 16.4. The topological polar surface area (TPSA) is 96.3 Å².